The summed E-state index contributed by atoms with van der Waals surface area (Å²) >= 11 is 0.927. The lowest BCUT2D eigenvalue weighted by Gasteiger charge is -2.23. The van der Waals surface area contributed by atoms with Crippen molar-refractivity contribution in [3.05, 3.63) is 88.5 Å². The standard InChI is InChI=1S/C27H24N2O7S/c1-5-13-36-26(33)24-15(2)28-27(37-24)29-21(16-9-11-18(34-3)12-10-16)20(23(31)25(29)32)22(30)17-7-6-8-19(14-17)35-4/h5-12,14,21,30H,1,13H2,2-4H3. The molecule has 190 valence electrons. The van der Waals surface area contributed by atoms with Crippen LogP contribution in [0.4, 0.5) is 5.13 Å². The lowest BCUT2D eigenvalue weighted by molar-refractivity contribution is -0.132. The number of esters is 1. The first kappa shape index (κ1) is 25.6. The molecule has 1 aliphatic rings. The number of amides is 1. The van der Waals surface area contributed by atoms with Crippen molar-refractivity contribution in [2.45, 2.75) is 13.0 Å². The highest BCUT2D eigenvalue weighted by molar-refractivity contribution is 7.17. The van der Waals surface area contributed by atoms with Gasteiger partial charge in [0.15, 0.2) is 5.13 Å². The second-order valence-electron chi connectivity index (χ2n) is 7.97. The lowest BCUT2D eigenvalue weighted by Crippen LogP contribution is -2.29. The highest BCUT2D eigenvalue weighted by atomic mass is 32.1. The number of ether oxygens (including phenoxy) is 3. The van der Waals surface area contributed by atoms with E-state index in [1.54, 1.807) is 55.5 Å². The Balaban J connectivity index is 1.89. The van der Waals surface area contributed by atoms with Crippen LogP contribution in [0.1, 0.15) is 32.5 Å². The number of aromatic nitrogens is 1. The number of rotatable bonds is 8. The van der Waals surface area contributed by atoms with Crippen LogP contribution in [-0.4, -0.2) is 48.6 Å². The molecular weight excluding hydrogens is 496 g/mol. The van der Waals surface area contributed by atoms with E-state index in [9.17, 15) is 19.5 Å². The van der Waals surface area contributed by atoms with Crippen molar-refractivity contribution in [3.63, 3.8) is 0 Å². The molecule has 0 saturated carbocycles. The maximum Gasteiger partial charge on any atom is 0.350 e. The summed E-state index contributed by atoms with van der Waals surface area (Å²) in [6.45, 7) is 5.15. The molecule has 9 nitrogen and oxygen atoms in total. The molecule has 0 radical (unpaired) electrons. The highest BCUT2D eigenvalue weighted by Gasteiger charge is 2.48. The Hall–Kier alpha value is -4.44. The summed E-state index contributed by atoms with van der Waals surface area (Å²) < 4.78 is 15.6. The number of benzene rings is 2. The molecule has 1 saturated heterocycles. The average Bonchev–Trinajstić information content (AvgIpc) is 3.43. The summed E-state index contributed by atoms with van der Waals surface area (Å²) in [4.78, 5) is 45.0. The molecule has 2 aromatic carbocycles. The van der Waals surface area contributed by atoms with Crippen molar-refractivity contribution >= 4 is 39.9 Å². The molecule has 1 fully saturated rings. The Labute approximate surface area is 217 Å². The maximum atomic E-state index is 13.4. The number of aliphatic hydroxyl groups excluding tert-OH is 1. The molecular formula is C27H24N2O7S. The van der Waals surface area contributed by atoms with Crippen LogP contribution in [0.5, 0.6) is 11.5 Å². The van der Waals surface area contributed by atoms with Gasteiger partial charge in [0.25, 0.3) is 5.78 Å². The number of thiazole rings is 1. The molecule has 0 spiro atoms. The Morgan fingerprint density at radius 3 is 2.49 bits per heavy atom. The molecule has 4 rings (SSSR count). The molecule has 1 atom stereocenters. The fourth-order valence-corrected chi connectivity index (χ4v) is 4.92. The predicted molar refractivity (Wildman–Crippen MR) is 138 cm³/mol. The first-order chi connectivity index (χ1) is 17.8. The van der Waals surface area contributed by atoms with Crippen LogP contribution >= 0.6 is 11.3 Å². The van der Waals surface area contributed by atoms with Gasteiger partial charge in [0.05, 0.1) is 31.5 Å². The quantitative estimate of drug-likeness (QED) is 0.152. The third-order valence-electron chi connectivity index (χ3n) is 5.73. The Bertz CT molecular complexity index is 1410. The number of anilines is 1. The van der Waals surface area contributed by atoms with E-state index in [1.165, 1.54) is 25.2 Å². The Kier molecular flexibility index (Phi) is 7.40. The lowest BCUT2D eigenvalue weighted by atomic mass is 9.95. The van der Waals surface area contributed by atoms with Crippen LogP contribution in [0.25, 0.3) is 5.76 Å². The number of hydrogen-bond donors (Lipinski definition) is 1. The SMILES string of the molecule is C=CCOC(=O)c1sc(N2C(=O)C(=O)C(=C(O)c3cccc(OC)c3)C2c2ccc(OC)cc2)nc1C. The first-order valence-corrected chi connectivity index (χ1v) is 12.0. The van der Waals surface area contributed by atoms with E-state index in [4.69, 9.17) is 14.2 Å². The van der Waals surface area contributed by atoms with Crippen molar-refractivity contribution in [1.29, 1.82) is 0 Å². The van der Waals surface area contributed by atoms with Gasteiger partial charge < -0.3 is 19.3 Å². The fourth-order valence-electron chi connectivity index (χ4n) is 3.93. The van der Waals surface area contributed by atoms with Gasteiger partial charge >= 0.3 is 11.9 Å². The molecule has 1 N–H and O–H groups in total. The molecule has 1 amide bonds. The van der Waals surface area contributed by atoms with E-state index in [1.807, 2.05) is 0 Å². The third-order valence-corrected chi connectivity index (χ3v) is 6.86. The molecule has 2 heterocycles. The number of methoxy groups -OCH3 is 2. The third kappa shape index (κ3) is 4.83. The van der Waals surface area contributed by atoms with Gasteiger partial charge in [-0.1, -0.05) is 48.3 Å². The normalized spacial score (nSPS) is 16.5. The molecule has 0 bridgehead atoms. The van der Waals surface area contributed by atoms with Gasteiger partial charge in [0.1, 0.15) is 28.7 Å². The number of ketones is 1. The van der Waals surface area contributed by atoms with E-state index in [0.29, 0.717) is 28.3 Å². The molecule has 3 aromatic rings. The maximum absolute atomic E-state index is 13.4. The topological polar surface area (TPSA) is 115 Å². The van der Waals surface area contributed by atoms with Crippen LogP contribution < -0.4 is 14.4 Å². The zero-order valence-corrected chi connectivity index (χ0v) is 21.2. The molecule has 0 aliphatic carbocycles. The van der Waals surface area contributed by atoms with Crippen LogP contribution in [0.15, 0.2) is 66.8 Å². The summed E-state index contributed by atoms with van der Waals surface area (Å²) in [6.07, 6.45) is 1.44. The molecule has 37 heavy (non-hydrogen) atoms. The van der Waals surface area contributed by atoms with Crippen molar-refractivity contribution in [2.75, 3.05) is 25.7 Å². The van der Waals surface area contributed by atoms with Crippen LogP contribution in [0, 0.1) is 6.92 Å². The Morgan fingerprint density at radius 1 is 1.14 bits per heavy atom. The summed E-state index contributed by atoms with van der Waals surface area (Å²) in [5.41, 5.74) is 1.07. The number of hydrogen-bond acceptors (Lipinski definition) is 9. The molecule has 1 aliphatic heterocycles. The minimum atomic E-state index is -1.01. The summed E-state index contributed by atoms with van der Waals surface area (Å²) in [6, 6.07) is 12.3. The van der Waals surface area contributed by atoms with Gasteiger partial charge in [0, 0.05) is 5.56 Å². The minimum Gasteiger partial charge on any atom is -0.507 e. The first-order valence-electron chi connectivity index (χ1n) is 11.2. The van der Waals surface area contributed by atoms with E-state index in [2.05, 4.69) is 11.6 Å². The van der Waals surface area contributed by atoms with Crippen molar-refractivity contribution < 1.29 is 33.7 Å². The minimum absolute atomic E-state index is 0.0163. The van der Waals surface area contributed by atoms with E-state index in [-0.39, 0.29) is 27.9 Å². The van der Waals surface area contributed by atoms with Crippen molar-refractivity contribution in [2.24, 2.45) is 0 Å². The van der Waals surface area contributed by atoms with Gasteiger partial charge in [-0.3, -0.25) is 14.5 Å². The van der Waals surface area contributed by atoms with E-state index in [0.717, 1.165) is 11.3 Å². The molecule has 1 aromatic heterocycles. The number of aryl methyl sites for hydroxylation is 1. The number of aliphatic hydroxyl groups is 1. The fraction of sp³-hybridized carbons (Fsp3) is 0.185. The smallest absolute Gasteiger partial charge is 0.350 e. The average molecular weight is 521 g/mol. The summed E-state index contributed by atoms with van der Waals surface area (Å²) in [5, 5.41) is 11.4. The number of Topliss-reactive ketones (excluding diaryl/α,β-unsaturated/α-hetero) is 1. The van der Waals surface area contributed by atoms with E-state index < -0.39 is 23.7 Å². The van der Waals surface area contributed by atoms with Crippen LogP contribution in [0.3, 0.4) is 0 Å². The monoisotopic (exact) mass is 520 g/mol. The summed E-state index contributed by atoms with van der Waals surface area (Å²) in [5.74, 6) is -1.70. The molecule has 1 unspecified atom stereocenters. The predicted octanol–water partition coefficient (Wildman–Crippen LogP) is 4.44. The van der Waals surface area contributed by atoms with Gasteiger partial charge in [0.2, 0.25) is 0 Å². The summed E-state index contributed by atoms with van der Waals surface area (Å²) in [7, 11) is 3.01. The Morgan fingerprint density at radius 2 is 1.84 bits per heavy atom. The van der Waals surface area contributed by atoms with Crippen LogP contribution in [-0.2, 0) is 14.3 Å². The second-order valence-corrected chi connectivity index (χ2v) is 8.95. The van der Waals surface area contributed by atoms with E-state index >= 15 is 0 Å². The number of carbonyl (C=O) groups excluding carboxylic acids is 3. The molecule has 10 heteroatoms. The van der Waals surface area contributed by atoms with Gasteiger partial charge in [-0.2, -0.15) is 0 Å². The second kappa shape index (κ2) is 10.7. The van der Waals surface area contributed by atoms with Crippen molar-refractivity contribution in [1.82, 2.24) is 4.98 Å². The van der Waals surface area contributed by atoms with Crippen LogP contribution in [0.2, 0.25) is 0 Å². The van der Waals surface area contributed by atoms with Gasteiger partial charge in [-0.15, -0.1) is 0 Å². The highest BCUT2D eigenvalue weighted by Crippen LogP contribution is 2.44. The number of carbonyl (C=O) groups is 3. The largest absolute Gasteiger partial charge is 0.507 e. The zero-order valence-electron chi connectivity index (χ0n) is 20.4. The van der Waals surface area contributed by atoms with Gasteiger partial charge in [-0.25, -0.2) is 9.78 Å². The van der Waals surface area contributed by atoms with Gasteiger partial charge in [-0.05, 0) is 36.8 Å². The zero-order chi connectivity index (χ0) is 26.7. The van der Waals surface area contributed by atoms with Crippen molar-refractivity contribution in [3.8, 4) is 11.5 Å². The number of nitrogens with zero attached hydrogens (tertiary/aromatic N) is 2.